The molecule has 0 aliphatic rings. The second-order valence-electron chi connectivity index (χ2n) is 5.47. The molecule has 0 fully saturated rings. The van der Waals surface area contributed by atoms with Crippen LogP contribution in [0.3, 0.4) is 0 Å². The average Bonchev–Trinajstić information content (AvgIpc) is 3.29. The summed E-state index contributed by atoms with van der Waals surface area (Å²) < 4.78 is 7.35. The molecule has 5 nitrogen and oxygen atoms in total. The van der Waals surface area contributed by atoms with E-state index in [2.05, 4.69) is 10.3 Å². The van der Waals surface area contributed by atoms with Gasteiger partial charge in [-0.3, -0.25) is 4.79 Å². The summed E-state index contributed by atoms with van der Waals surface area (Å²) >= 11 is 1.59. The lowest BCUT2D eigenvalue weighted by atomic mass is 10.0. The Labute approximate surface area is 150 Å². The van der Waals surface area contributed by atoms with Gasteiger partial charge in [-0.2, -0.15) is 11.3 Å². The molecule has 0 saturated carbocycles. The van der Waals surface area contributed by atoms with Gasteiger partial charge in [-0.05, 0) is 34.5 Å². The van der Waals surface area contributed by atoms with Crippen molar-refractivity contribution in [3.63, 3.8) is 0 Å². The van der Waals surface area contributed by atoms with Crippen molar-refractivity contribution in [3.05, 3.63) is 76.5 Å². The summed E-state index contributed by atoms with van der Waals surface area (Å²) in [6.07, 6.45) is 6.90. The molecule has 0 bridgehead atoms. The maximum absolute atomic E-state index is 12.5. The molecule has 1 N–H and O–H groups in total. The lowest BCUT2D eigenvalue weighted by Gasteiger charge is -2.20. The Morgan fingerprint density at radius 2 is 2.20 bits per heavy atom. The van der Waals surface area contributed by atoms with E-state index >= 15 is 0 Å². The zero-order chi connectivity index (χ0) is 17.6. The van der Waals surface area contributed by atoms with Crippen molar-refractivity contribution >= 4 is 23.3 Å². The molecule has 1 aromatic carbocycles. The number of nitrogens with zero attached hydrogens (tertiary/aromatic N) is 2. The van der Waals surface area contributed by atoms with Crippen molar-refractivity contribution in [2.45, 2.75) is 6.04 Å². The fourth-order valence-corrected chi connectivity index (χ4v) is 3.20. The van der Waals surface area contributed by atoms with Crippen molar-refractivity contribution in [2.75, 3.05) is 7.11 Å². The van der Waals surface area contributed by atoms with Crippen LogP contribution in [0, 0.1) is 0 Å². The molecule has 0 spiro atoms. The number of amides is 1. The quantitative estimate of drug-likeness (QED) is 0.691. The predicted molar refractivity (Wildman–Crippen MR) is 99.5 cm³/mol. The molecule has 0 aliphatic heterocycles. The average molecular weight is 353 g/mol. The predicted octanol–water partition coefficient (Wildman–Crippen LogP) is 3.41. The van der Waals surface area contributed by atoms with E-state index in [0.29, 0.717) is 5.75 Å². The summed E-state index contributed by atoms with van der Waals surface area (Å²) in [5.41, 5.74) is 1.86. The first-order chi connectivity index (χ1) is 12.2. The van der Waals surface area contributed by atoms with Crippen LogP contribution in [0.1, 0.15) is 23.0 Å². The number of nitrogens with one attached hydrogen (secondary N) is 1. The zero-order valence-corrected chi connectivity index (χ0v) is 14.9. The number of carbonyl (C=O) groups excluding carboxylic acids is 1. The molecule has 0 aliphatic carbocycles. The van der Waals surface area contributed by atoms with E-state index in [9.17, 15) is 4.79 Å². The van der Waals surface area contributed by atoms with Crippen LogP contribution in [0.5, 0.6) is 5.75 Å². The molecule has 1 unspecified atom stereocenters. The van der Waals surface area contributed by atoms with Crippen LogP contribution in [-0.2, 0) is 11.8 Å². The second-order valence-corrected chi connectivity index (χ2v) is 6.25. The number of methoxy groups -OCH3 is 1. The van der Waals surface area contributed by atoms with Gasteiger partial charge >= 0.3 is 0 Å². The fraction of sp³-hybridized carbons (Fsp3) is 0.158. The standard InChI is InChI=1S/C19H19N3O2S/c1-22-11-10-20-19(22)18(15-5-3-4-6-16(15)24-2)21-17(23)8-7-14-9-12-25-13-14/h3-13,18H,1-2H3,(H,21,23)/b8-7+. The van der Waals surface area contributed by atoms with E-state index in [0.717, 1.165) is 17.0 Å². The summed E-state index contributed by atoms with van der Waals surface area (Å²) in [7, 11) is 3.52. The van der Waals surface area contributed by atoms with Crippen molar-refractivity contribution in [1.82, 2.24) is 14.9 Å². The first kappa shape index (κ1) is 17.0. The minimum Gasteiger partial charge on any atom is -0.496 e. The molecule has 1 amide bonds. The third-order valence-electron chi connectivity index (χ3n) is 3.82. The Bertz CT molecular complexity index is 868. The number of para-hydroxylation sites is 1. The highest BCUT2D eigenvalue weighted by Gasteiger charge is 2.22. The van der Waals surface area contributed by atoms with Gasteiger partial charge in [0.15, 0.2) is 0 Å². The molecule has 3 aromatic rings. The van der Waals surface area contributed by atoms with E-state index in [4.69, 9.17) is 4.74 Å². The number of rotatable bonds is 6. The van der Waals surface area contributed by atoms with Gasteiger partial charge in [-0.25, -0.2) is 4.98 Å². The smallest absolute Gasteiger partial charge is 0.244 e. The fourth-order valence-electron chi connectivity index (χ4n) is 2.57. The number of hydrogen-bond donors (Lipinski definition) is 1. The Morgan fingerprint density at radius 3 is 2.88 bits per heavy atom. The number of ether oxygens (including phenoxy) is 1. The van der Waals surface area contributed by atoms with E-state index in [1.54, 1.807) is 30.7 Å². The third-order valence-corrected chi connectivity index (χ3v) is 4.52. The monoisotopic (exact) mass is 353 g/mol. The van der Waals surface area contributed by atoms with Crippen molar-refractivity contribution in [2.24, 2.45) is 7.05 Å². The molecule has 128 valence electrons. The van der Waals surface area contributed by atoms with Gasteiger partial charge in [0.25, 0.3) is 0 Å². The highest BCUT2D eigenvalue weighted by Crippen LogP contribution is 2.29. The topological polar surface area (TPSA) is 56.1 Å². The summed E-state index contributed by atoms with van der Waals surface area (Å²) in [5, 5.41) is 6.99. The highest BCUT2D eigenvalue weighted by molar-refractivity contribution is 7.08. The van der Waals surface area contributed by atoms with Gasteiger partial charge < -0.3 is 14.6 Å². The van der Waals surface area contributed by atoms with Crippen LogP contribution in [0.15, 0.2) is 59.6 Å². The van der Waals surface area contributed by atoms with Crippen molar-refractivity contribution in [1.29, 1.82) is 0 Å². The molecule has 2 aromatic heterocycles. The number of hydrogen-bond acceptors (Lipinski definition) is 4. The van der Waals surface area contributed by atoms with Gasteiger partial charge in [-0.1, -0.05) is 18.2 Å². The minimum atomic E-state index is -0.407. The van der Waals surface area contributed by atoms with Crippen LogP contribution in [-0.4, -0.2) is 22.6 Å². The molecule has 1 atom stereocenters. The Kier molecular flexibility index (Phi) is 5.30. The number of thiophene rings is 1. The summed E-state index contributed by atoms with van der Waals surface area (Å²) in [6, 6.07) is 9.18. The first-order valence-corrected chi connectivity index (χ1v) is 8.74. The van der Waals surface area contributed by atoms with E-state index < -0.39 is 6.04 Å². The Morgan fingerprint density at radius 1 is 1.36 bits per heavy atom. The molecule has 2 heterocycles. The summed E-state index contributed by atoms with van der Waals surface area (Å²) in [4.78, 5) is 16.9. The molecular weight excluding hydrogens is 334 g/mol. The Balaban J connectivity index is 1.89. The summed E-state index contributed by atoms with van der Waals surface area (Å²) in [6.45, 7) is 0. The van der Waals surface area contributed by atoms with Gasteiger partial charge in [-0.15, -0.1) is 0 Å². The SMILES string of the molecule is COc1ccccc1C(NC(=O)/C=C/c1ccsc1)c1nccn1C. The third kappa shape index (κ3) is 3.97. The molecule has 0 saturated heterocycles. The normalized spacial score (nSPS) is 12.2. The highest BCUT2D eigenvalue weighted by atomic mass is 32.1. The van der Waals surface area contributed by atoms with Crippen LogP contribution < -0.4 is 10.1 Å². The molecule has 0 radical (unpaired) electrons. The molecular formula is C19H19N3O2S. The number of aromatic nitrogens is 2. The van der Waals surface area contributed by atoms with Gasteiger partial charge in [0.2, 0.25) is 5.91 Å². The Hall–Kier alpha value is -2.86. The van der Waals surface area contributed by atoms with E-state index in [1.807, 2.05) is 58.9 Å². The van der Waals surface area contributed by atoms with Crippen molar-refractivity contribution < 1.29 is 9.53 Å². The van der Waals surface area contributed by atoms with Crippen LogP contribution in [0.2, 0.25) is 0 Å². The maximum Gasteiger partial charge on any atom is 0.244 e. The van der Waals surface area contributed by atoms with Gasteiger partial charge in [0.05, 0.1) is 7.11 Å². The van der Waals surface area contributed by atoms with Crippen LogP contribution in [0.25, 0.3) is 6.08 Å². The number of carbonyl (C=O) groups is 1. The van der Waals surface area contributed by atoms with E-state index in [1.165, 1.54) is 6.08 Å². The molecule has 25 heavy (non-hydrogen) atoms. The number of benzene rings is 1. The van der Waals surface area contributed by atoms with E-state index in [-0.39, 0.29) is 5.91 Å². The minimum absolute atomic E-state index is 0.190. The lowest BCUT2D eigenvalue weighted by Crippen LogP contribution is -2.30. The largest absolute Gasteiger partial charge is 0.496 e. The number of aryl methyl sites for hydroxylation is 1. The van der Waals surface area contributed by atoms with Gasteiger partial charge in [0.1, 0.15) is 17.6 Å². The van der Waals surface area contributed by atoms with Crippen molar-refractivity contribution in [3.8, 4) is 5.75 Å². The number of imidazole rings is 1. The van der Waals surface area contributed by atoms with Crippen LogP contribution in [0.4, 0.5) is 0 Å². The first-order valence-electron chi connectivity index (χ1n) is 7.80. The van der Waals surface area contributed by atoms with Crippen LogP contribution >= 0.6 is 11.3 Å². The van der Waals surface area contributed by atoms with Gasteiger partial charge in [0, 0.05) is 31.1 Å². The molecule has 6 heteroatoms. The summed E-state index contributed by atoms with van der Waals surface area (Å²) in [5.74, 6) is 1.25. The second kappa shape index (κ2) is 7.81. The lowest BCUT2D eigenvalue weighted by molar-refractivity contribution is -0.117. The molecule has 3 rings (SSSR count). The zero-order valence-electron chi connectivity index (χ0n) is 14.0. The maximum atomic E-state index is 12.5.